The van der Waals surface area contributed by atoms with Gasteiger partial charge in [-0.1, -0.05) is 30.0 Å². The van der Waals surface area contributed by atoms with Crippen LogP contribution >= 0.6 is 11.8 Å². The van der Waals surface area contributed by atoms with Crippen LogP contribution in [-0.4, -0.2) is 44.6 Å². The van der Waals surface area contributed by atoms with Crippen LogP contribution in [0.5, 0.6) is 0 Å². The van der Waals surface area contributed by atoms with E-state index in [1.807, 2.05) is 41.7 Å². The number of carbonyl (C=O) groups is 3. The predicted octanol–water partition coefficient (Wildman–Crippen LogP) is 4.20. The first kappa shape index (κ1) is 22.5. The molecule has 9 nitrogen and oxygen atoms in total. The van der Waals surface area contributed by atoms with Gasteiger partial charge in [-0.05, 0) is 45.4 Å². The van der Waals surface area contributed by atoms with Gasteiger partial charge in [0.2, 0.25) is 11.8 Å². The Bertz CT molecular complexity index is 1410. The van der Waals surface area contributed by atoms with Crippen LogP contribution in [0.2, 0.25) is 0 Å². The highest BCUT2D eigenvalue weighted by Crippen LogP contribution is 2.30. The maximum atomic E-state index is 12.7. The van der Waals surface area contributed by atoms with E-state index in [2.05, 4.69) is 15.5 Å². The Kier molecular flexibility index (Phi) is 6.19. The van der Waals surface area contributed by atoms with Crippen LogP contribution in [0.1, 0.15) is 45.9 Å². The summed E-state index contributed by atoms with van der Waals surface area (Å²) in [4.78, 5) is 37.1. The number of nitrogens with one attached hydrogen (secondary N) is 1. The number of rotatable bonds is 7. The third-order valence-corrected chi connectivity index (χ3v) is 6.00. The number of anilines is 1. The van der Waals surface area contributed by atoms with Crippen molar-refractivity contribution in [3.8, 4) is 0 Å². The summed E-state index contributed by atoms with van der Waals surface area (Å²) in [7, 11) is 0. The Morgan fingerprint density at radius 1 is 1.15 bits per heavy atom. The molecule has 0 aliphatic heterocycles. The molecule has 4 aromatic rings. The van der Waals surface area contributed by atoms with Crippen molar-refractivity contribution in [2.45, 2.75) is 32.9 Å². The Labute approximate surface area is 193 Å². The molecule has 170 valence electrons. The number of benzene rings is 1. The summed E-state index contributed by atoms with van der Waals surface area (Å²) in [5.74, 6) is -1.39. The van der Waals surface area contributed by atoms with E-state index in [1.165, 1.54) is 18.7 Å². The molecule has 0 bridgehead atoms. The first-order valence-corrected chi connectivity index (χ1v) is 11.3. The number of hydrogen-bond donors (Lipinski definition) is 1. The van der Waals surface area contributed by atoms with Crippen LogP contribution in [0, 0.1) is 13.8 Å². The number of hydrogen-bond acceptors (Lipinski definition) is 8. The quantitative estimate of drug-likeness (QED) is 0.245. The fourth-order valence-electron chi connectivity index (χ4n) is 3.72. The summed E-state index contributed by atoms with van der Waals surface area (Å²) in [6, 6.07) is 9.84. The lowest BCUT2D eigenvalue weighted by Gasteiger charge is -2.08. The van der Waals surface area contributed by atoms with Gasteiger partial charge in [-0.2, -0.15) is 0 Å². The molecule has 1 N–H and O–H groups in total. The van der Waals surface area contributed by atoms with E-state index in [-0.39, 0.29) is 40.9 Å². The topological polar surface area (TPSA) is 116 Å². The van der Waals surface area contributed by atoms with Crippen LogP contribution in [0.25, 0.3) is 16.6 Å². The van der Waals surface area contributed by atoms with Gasteiger partial charge in [0.25, 0.3) is 0 Å². The number of fused-ring (bicyclic) bond motifs is 3. The maximum Gasteiger partial charge on any atom is 0.344 e. The van der Waals surface area contributed by atoms with Crippen molar-refractivity contribution in [1.29, 1.82) is 0 Å². The molecule has 33 heavy (non-hydrogen) atoms. The standard InChI is InChI=1S/C23H22N4O5S/c1-5-31-22(30)20-19(13(3)28)14(4)32-21(20)24-18(29)11-33-23-26-25-17-10-12(2)15-8-6-7-9-16(15)27(17)23/h6-10H,5,11H2,1-4H3,(H,24,29). The van der Waals surface area contributed by atoms with E-state index < -0.39 is 11.9 Å². The van der Waals surface area contributed by atoms with Crippen LogP contribution in [-0.2, 0) is 9.53 Å². The number of aryl methyl sites for hydroxylation is 2. The van der Waals surface area contributed by atoms with E-state index in [1.54, 1.807) is 13.8 Å². The summed E-state index contributed by atoms with van der Waals surface area (Å²) >= 11 is 1.20. The number of Topliss-reactive ketones (excluding diaryl/α,β-unsaturated/α-hetero) is 1. The fraction of sp³-hybridized carbons (Fsp3) is 0.261. The van der Waals surface area contributed by atoms with Crippen molar-refractivity contribution in [3.63, 3.8) is 0 Å². The SMILES string of the molecule is CCOC(=O)c1c(NC(=O)CSc2nnc3cc(C)c4ccccc4n23)oc(C)c1C(C)=O. The number of nitrogens with zero attached hydrogens (tertiary/aromatic N) is 3. The molecule has 0 spiro atoms. The minimum atomic E-state index is -0.729. The van der Waals surface area contributed by atoms with E-state index in [0.717, 1.165) is 16.5 Å². The molecule has 0 saturated heterocycles. The zero-order valence-electron chi connectivity index (χ0n) is 18.6. The molecule has 0 radical (unpaired) electrons. The molecule has 0 unspecified atom stereocenters. The van der Waals surface area contributed by atoms with Crippen molar-refractivity contribution in [3.05, 3.63) is 52.8 Å². The predicted molar refractivity (Wildman–Crippen MR) is 124 cm³/mol. The molecule has 0 saturated carbocycles. The van der Waals surface area contributed by atoms with Gasteiger partial charge in [-0.3, -0.25) is 19.3 Å². The first-order valence-electron chi connectivity index (χ1n) is 10.3. The third-order valence-electron chi connectivity index (χ3n) is 5.07. The number of thioether (sulfide) groups is 1. The van der Waals surface area contributed by atoms with Gasteiger partial charge in [0.1, 0.15) is 11.3 Å². The summed E-state index contributed by atoms with van der Waals surface area (Å²) in [6.07, 6.45) is 0. The zero-order valence-corrected chi connectivity index (χ0v) is 19.4. The fourth-order valence-corrected chi connectivity index (χ4v) is 4.47. The largest absolute Gasteiger partial charge is 0.462 e. The van der Waals surface area contributed by atoms with Crippen molar-refractivity contribution < 1.29 is 23.5 Å². The van der Waals surface area contributed by atoms with Gasteiger partial charge in [0.15, 0.2) is 16.6 Å². The highest BCUT2D eigenvalue weighted by atomic mass is 32.2. The number of esters is 1. The second-order valence-electron chi connectivity index (χ2n) is 7.37. The molecule has 4 rings (SSSR count). The summed E-state index contributed by atoms with van der Waals surface area (Å²) in [5, 5.41) is 12.7. The number of aromatic nitrogens is 3. The minimum Gasteiger partial charge on any atom is -0.462 e. The average molecular weight is 467 g/mol. The smallest absolute Gasteiger partial charge is 0.344 e. The van der Waals surface area contributed by atoms with Gasteiger partial charge < -0.3 is 9.15 Å². The monoisotopic (exact) mass is 466 g/mol. The summed E-state index contributed by atoms with van der Waals surface area (Å²) in [6.45, 7) is 6.67. The summed E-state index contributed by atoms with van der Waals surface area (Å²) in [5.41, 5.74) is 2.74. The minimum absolute atomic E-state index is 0.0135. The number of ether oxygens (including phenoxy) is 1. The van der Waals surface area contributed by atoms with E-state index in [4.69, 9.17) is 9.15 Å². The van der Waals surface area contributed by atoms with Crippen molar-refractivity contribution in [1.82, 2.24) is 14.6 Å². The van der Waals surface area contributed by atoms with E-state index in [9.17, 15) is 14.4 Å². The lowest BCUT2D eigenvalue weighted by molar-refractivity contribution is -0.113. The van der Waals surface area contributed by atoms with Gasteiger partial charge in [-0.25, -0.2) is 4.79 Å². The van der Waals surface area contributed by atoms with Gasteiger partial charge in [0.05, 0.1) is 23.4 Å². The lowest BCUT2D eigenvalue weighted by Crippen LogP contribution is -2.17. The molecule has 10 heteroatoms. The number of amides is 1. The second kappa shape index (κ2) is 9.07. The van der Waals surface area contributed by atoms with Crippen LogP contribution in [0.4, 0.5) is 5.88 Å². The Morgan fingerprint density at radius 3 is 2.64 bits per heavy atom. The Morgan fingerprint density at radius 2 is 1.91 bits per heavy atom. The molecular weight excluding hydrogens is 444 g/mol. The maximum absolute atomic E-state index is 12.7. The number of carbonyl (C=O) groups excluding carboxylic acids is 3. The van der Waals surface area contributed by atoms with E-state index >= 15 is 0 Å². The molecule has 0 aliphatic rings. The van der Waals surface area contributed by atoms with Crippen molar-refractivity contribution in [2.75, 3.05) is 17.7 Å². The van der Waals surface area contributed by atoms with Crippen molar-refractivity contribution in [2.24, 2.45) is 0 Å². The summed E-state index contributed by atoms with van der Waals surface area (Å²) < 4.78 is 12.5. The molecule has 0 atom stereocenters. The van der Waals surface area contributed by atoms with Crippen LogP contribution in [0.15, 0.2) is 39.9 Å². The average Bonchev–Trinajstić information content (AvgIpc) is 3.33. The van der Waals surface area contributed by atoms with Gasteiger partial charge >= 0.3 is 5.97 Å². The Balaban J connectivity index is 1.58. The lowest BCUT2D eigenvalue weighted by atomic mass is 10.1. The molecule has 0 fully saturated rings. The van der Waals surface area contributed by atoms with E-state index in [0.29, 0.717) is 10.8 Å². The van der Waals surface area contributed by atoms with Gasteiger partial charge in [0, 0.05) is 5.39 Å². The van der Waals surface area contributed by atoms with Gasteiger partial charge in [-0.15, -0.1) is 10.2 Å². The number of furan rings is 1. The zero-order chi connectivity index (χ0) is 23.7. The highest BCUT2D eigenvalue weighted by Gasteiger charge is 2.28. The normalized spacial score (nSPS) is 11.2. The third kappa shape index (κ3) is 4.21. The van der Waals surface area contributed by atoms with Crippen LogP contribution < -0.4 is 5.32 Å². The van der Waals surface area contributed by atoms with Crippen molar-refractivity contribution >= 4 is 51.9 Å². The number of pyridine rings is 1. The molecule has 0 aliphatic carbocycles. The molecular formula is C23H22N4O5S. The Hall–Kier alpha value is -3.66. The first-order chi connectivity index (χ1) is 15.8. The molecule has 3 heterocycles. The highest BCUT2D eigenvalue weighted by molar-refractivity contribution is 7.99. The number of para-hydroxylation sites is 1. The molecule has 3 aromatic heterocycles. The number of ketones is 1. The second-order valence-corrected chi connectivity index (χ2v) is 8.31. The molecule has 1 amide bonds. The molecule has 1 aromatic carbocycles. The van der Waals surface area contributed by atoms with Crippen LogP contribution in [0.3, 0.4) is 0 Å².